The summed E-state index contributed by atoms with van der Waals surface area (Å²) in [5.41, 5.74) is 32.0. The van der Waals surface area contributed by atoms with E-state index in [0.29, 0.717) is 86.3 Å². The largest absolute Gasteiger partial charge is 0.444 e. The van der Waals surface area contributed by atoms with Crippen LogP contribution in [-0.2, 0) is 43.5 Å². The van der Waals surface area contributed by atoms with E-state index >= 15 is 13.2 Å². The molecule has 9 aromatic carbocycles. The Hall–Kier alpha value is -12.8. The highest BCUT2D eigenvalue weighted by molar-refractivity contribution is 5.98. The fourth-order valence-electron chi connectivity index (χ4n) is 14.7. The SMILES string of the molecule is C.CCc1cccc(-n2nc(C)cc2C(=O)Cc2cc(C(NCC3CC3)c3ccc(C#N)cc3)ccc2F)c1.Cc1cc(C(=O)Cc2cc(C(NCC3CC3)c3ccc(C(N)=O)cc3)ccc2F)n(-c2cccc(CN)c2)n1.Cc1cc(C(=O)Cc2cc(C(NCC3CC3)c3ccc(C(N)=O)cc3)ccc2F)n(-c2cccc(CNC(=O)OC(C)(C)C)c2)n1.Cl. The summed E-state index contributed by atoms with van der Waals surface area (Å²) < 4.78 is 55.4. The number of hydrogen-bond acceptors (Lipinski definition) is 15. The molecule has 3 saturated carbocycles. The first-order valence-corrected chi connectivity index (χ1v) is 41.7. The maximum atomic E-state index is 15.2. The van der Waals surface area contributed by atoms with Gasteiger partial charge in [0.15, 0.2) is 17.3 Å². The maximum absolute atomic E-state index is 15.2. The van der Waals surface area contributed by atoms with Crippen LogP contribution in [-0.4, -0.2) is 89.8 Å². The van der Waals surface area contributed by atoms with Gasteiger partial charge in [-0.05, 0) is 300 Å². The highest BCUT2D eigenvalue weighted by atomic mass is 35.5. The summed E-state index contributed by atoms with van der Waals surface area (Å²) >= 11 is 0. The summed E-state index contributed by atoms with van der Waals surface area (Å²) in [4.78, 5) is 76.0. The van der Waals surface area contributed by atoms with Crippen molar-refractivity contribution in [1.29, 1.82) is 5.26 Å². The lowest BCUT2D eigenvalue weighted by molar-refractivity contribution is 0.0522. The first-order chi connectivity index (χ1) is 59.1. The van der Waals surface area contributed by atoms with E-state index in [4.69, 9.17) is 21.9 Å². The van der Waals surface area contributed by atoms with E-state index in [1.807, 2.05) is 123 Å². The topological polar surface area (TPSA) is 315 Å². The van der Waals surface area contributed by atoms with Crippen LogP contribution in [0.5, 0.6) is 0 Å². The van der Waals surface area contributed by atoms with Crippen LogP contribution in [0.15, 0.2) is 218 Å². The highest BCUT2D eigenvalue weighted by Gasteiger charge is 2.30. The van der Waals surface area contributed by atoms with Crippen molar-refractivity contribution in [3.8, 4) is 23.1 Å². The molecule has 15 rings (SSSR count). The van der Waals surface area contributed by atoms with Crippen LogP contribution >= 0.6 is 12.4 Å². The molecule has 0 aliphatic heterocycles. The Labute approximate surface area is 734 Å². The van der Waals surface area contributed by atoms with Gasteiger partial charge in [-0.3, -0.25) is 24.0 Å². The number of nitrogens with zero attached hydrogens (tertiary/aromatic N) is 7. The molecule has 3 amide bonds. The molecule has 21 nitrogen and oxygen atoms in total. The fraction of sp³-hybridized carbons (Fsp3) is 0.300. The summed E-state index contributed by atoms with van der Waals surface area (Å²) in [6, 6.07) is 65.9. The van der Waals surface area contributed by atoms with Gasteiger partial charge in [-0.1, -0.05) is 124 Å². The third kappa shape index (κ3) is 25.0. The van der Waals surface area contributed by atoms with Gasteiger partial charge in [0.25, 0.3) is 0 Å². The second kappa shape index (κ2) is 42.1. The first kappa shape index (κ1) is 92.9. The molecule has 125 heavy (non-hydrogen) atoms. The first-order valence-electron chi connectivity index (χ1n) is 41.7. The molecule has 3 fully saturated rings. The quantitative estimate of drug-likeness (QED) is 0.0188. The molecule has 25 heteroatoms. The Morgan fingerprint density at radius 3 is 1.10 bits per heavy atom. The number of aromatic nitrogens is 6. The van der Waals surface area contributed by atoms with Crippen LogP contribution in [0.4, 0.5) is 18.0 Å². The van der Waals surface area contributed by atoms with E-state index in [2.05, 4.69) is 49.6 Å². The van der Waals surface area contributed by atoms with Crippen LogP contribution in [0.3, 0.4) is 0 Å². The number of aryl methyl sites for hydroxylation is 4. The lowest BCUT2D eigenvalue weighted by atomic mass is 9.94. The number of amides is 3. The van der Waals surface area contributed by atoms with E-state index < -0.39 is 41.0 Å². The highest BCUT2D eigenvalue weighted by Crippen LogP contribution is 2.36. The molecule has 3 aliphatic carbocycles. The minimum atomic E-state index is -0.613. The van der Waals surface area contributed by atoms with Gasteiger partial charge in [0.1, 0.15) is 40.1 Å². The number of primary amides is 2. The van der Waals surface area contributed by atoms with E-state index in [9.17, 15) is 34.0 Å². The van der Waals surface area contributed by atoms with Crippen molar-refractivity contribution in [2.24, 2.45) is 35.0 Å². The standard InChI is InChI=1S/C36H40FN5O4.C32H31FN4O.C31H32FN5O2.CH4.ClH/c1-22-16-31(42(41-22)29-7-5-6-24(17-29)21-40-35(45)46-36(2,3)4)32(43)19-28-18-27(14-15-30(28)37)33(39-20-23-8-9-23)25-10-12-26(13-11-25)34(38)44;1-3-22-5-4-6-28(16-22)37-30(15-21(2)36-37)31(38)18-27-17-26(13-14-29(27)33)32(35-20-24-7-8-24)25-11-9-23(19-34)10-12-25;1-19-13-28(37(36-19)26-4-2-3-21(14-26)17-33)29(38)16-25-15-24(11-12-27(25)32)30(35-18-20-5-6-20)22-7-9-23(10-8-22)31(34)39;;/h5-7,10-18,23,33,39H,8-9,19-21H2,1-4H3,(H2,38,44)(H,40,45);4-6,9-17,24,32,35H,3,7-8,18,20H2,1-2H3;2-4,7-15,20,30,35H,5-6,16-18,33H2,1H3,(H2,34,39);1H4;1H. The van der Waals surface area contributed by atoms with Crippen LogP contribution < -0.4 is 38.5 Å². The zero-order valence-corrected chi connectivity index (χ0v) is 71.4. The van der Waals surface area contributed by atoms with Crippen molar-refractivity contribution in [1.82, 2.24) is 50.6 Å². The predicted molar refractivity (Wildman–Crippen MR) is 481 cm³/mol. The number of ether oxygens (including phenoxy) is 1. The molecule has 3 aromatic heterocycles. The summed E-state index contributed by atoms with van der Waals surface area (Å²) in [5.74, 6) is -1.14. The molecular formula is C100H108ClF3N14O7. The number of ketones is 3. The number of carbonyl (C=O) groups is 6. The van der Waals surface area contributed by atoms with Crippen molar-refractivity contribution in [2.45, 2.75) is 157 Å². The summed E-state index contributed by atoms with van der Waals surface area (Å²) in [6.45, 7) is 16.0. The van der Waals surface area contributed by atoms with Gasteiger partial charge in [-0.2, -0.15) is 20.6 Å². The number of nitriles is 1. The molecule has 3 unspecified atom stereocenters. The molecule has 12 aromatic rings. The molecule has 0 radical (unpaired) electrons. The number of nitrogens with two attached hydrogens (primary N) is 3. The van der Waals surface area contributed by atoms with Crippen LogP contribution in [0.1, 0.15) is 233 Å². The number of alkyl carbamates (subject to hydrolysis) is 1. The number of rotatable bonds is 33. The van der Waals surface area contributed by atoms with E-state index in [1.54, 1.807) is 133 Å². The van der Waals surface area contributed by atoms with Crippen molar-refractivity contribution in [3.63, 3.8) is 0 Å². The fourth-order valence-corrected chi connectivity index (χ4v) is 14.7. The third-order valence-electron chi connectivity index (χ3n) is 21.9. The smallest absolute Gasteiger partial charge is 0.407 e. The van der Waals surface area contributed by atoms with Crippen LogP contribution in [0.2, 0.25) is 0 Å². The number of benzene rings is 9. The molecule has 3 aliphatic rings. The van der Waals surface area contributed by atoms with Crippen molar-refractivity contribution >= 4 is 47.7 Å². The Morgan fingerprint density at radius 1 is 0.464 bits per heavy atom. The zero-order chi connectivity index (χ0) is 87.2. The molecule has 0 saturated heterocycles. The normalized spacial score (nSPS) is 13.5. The number of halogens is 4. The lowest BCUT2D eigenvalue weighted by Gasteiger charge is -2.21. The number of Topliss-reactive ketones (excluding diaryl/α,β-unsaturated/α-hetero) is 3. The number of nitrogens with one attached hydrogen (secondary N) is 4. The minimum Gasteiger partial charge on any atom is -0.444 e. The van der Waals surface area contributed by atoms with Gasteiger partial charge in [-0.25, -0.2) is 32.0 Å². The molecule has 3 heterocycles. The molecule has 10 N–H and O–H groups in total. The van der Waals surface area contributed by atoms with Crippen molar-refractivity contribution < 1.29 is 46.7 Å². The van der Waals surface area contributed by atoms with Crippen LogP contribution in [0.25, 0.3) is 17.1 Å². The average molecular weight is 1710 g/mol. The molecule has 0 spiro atoms. The predicted octanol–water partition coefficient (Wildman–Crippen LogP) is 17.7. The van der Waals surface area contributed by atoms with Gasteiger partial charge in [0.2, 0.25) is 11.8 Å². The van der Waals surface area contributed by atoms with Gasteiger partial charge in [0, 0.05) is 43.5 Å². The molecule has 3 atom stereocenters. The summed E-state index contributed by atoms with van der Waals surface area (Å²) in [6.07, 6.45) is 7.13. The average Bonchev–Trinajstić information content (AvgIpc) is 1.68. The number of hydrogen-bond donors (Lipinski definition) is 7. The van der Waals surface area contributed by atoms with Crippen molar-refractivity contribution in [3.05, 3.63) is 353 Å². The molecule has 648 valence electrons. The van der Waals surface area contributed by atoms with Gasteiger partial charge < -0.3 is 43.2 Å². The molecule has 0 bridgehead atoms. The van der Waals surface area contributed by atoms with Crippen molar-refractivity contribution in [2.75, 3.05) is 19.6 Å². The van der Waals surface area contributed by atoms with Gasteiger partial charge >= 0.3 is 6.09 Å². The summed E-state index contributed by atoms with van der Waals surface area (Å²) in [5, 5.41) is 36.4. The summed E-state index contributed by atoms with van der Waals surface area (Å²) in [7, 11) is 0. The van der Waals surface area contributed by atoms with E-state index in [0.717, 1.165) is 93.2 Å². The molecular weight excluding hydrogens is 1600 g/mol. The Balaban J connectivity index is 0.000000182. The van der Waals surface area contributed by atoms with E-state index in [1.165, 1.54) is 56.7 Å². The van der Waals surface area contributed by atoms with E-state index in [-0.39, 0.29) is 86.7 Å². The van der Waals surface area contributed by atoms with Crippen LogP contribution in [0, 0.1) is 67.3 Å². The Bertz CT molecular complexity index is 5880. The monoisotopic (exact) mass is 1710 g/mol. The van der Waals surface area contributed by atoms with Gasteiger partial charge in [0.05, 0.1) is 63.9 Å². The maximum Gasteiger partial charge on any atom is 0.407 e. The minimum absolute atomic E-state index is 0. The second-order valence-electron chi connectivity index (χ2n) is 33.1. The van der Waals surface area contributed by atoms with Gasteiger partial charge in [-0.15, -0.1) is 12.4 Å². The lowest BCUT2D eigenvalue weighted by Crippen LogP contribution is -2.32. The second-order valence-corrected chi connectivity index (χ2v) is 33.1. The Kier molecular flexibility index (Phi) is 31.3. The zero-order valence-electron chi connectivity index (χ0n) is 70.6. The number of carbonyl (C=O) groups excluding carboxylic acids is 6. The third-order valence-corrected chi connectivity index (χ3v) is 21.9. The Morgan fingerprint density at radius 2 is 0.784 bits per heavy atom.